The number of hydrogen-bond acceptors (Lipinski definition) is 3. The highest BCUT2D eigenvalue weighted by molar-refractivity contribution is 5.98. The molecule has 1 N–H and O–H groups in total. The molecule has 1 heterocycles. The summed E-state index contributed by atoms with van der Waals surface area (Å²) in [5.74, 6) is -0.417. The summed E-state index contributed by atoms with van der Waals surface area (Å²) in [7, 11) is 1.45. The van der Waals surface area contributed by atoms with Gasteiger partial charge >= 0.3 is 0 Å². The average Bonchev–Trinajstić information content (AvgIpc) is 3.21. The Hall–Kier alpha value is -2.40. The Balaban J connectivity index is 1.98. The Morgan fingerprint density at radius 1 is 1.18 bits per heavy atom. The van der Waals surface area contributed by atoms with E-state index in [2.05, 4.69) is 24.1 Å². The van der Waals surface area contributed by atoms with E-state index in [1.165, 1.54) is 32.1 Å². The fraction of sp³-hybridized carbons (Fsp3) is 0.435. The van der Waals surface area contributed by atoms with Crippen molar-refractivity contribution in [3.63, 3.8) is 0 Å². The second-order valence-electron chi connectivity index (χ2n) is 7.96. The highest BCUT2D eigenvalue weighted by Gasteiger charge is 2.39. The number of methoxy groups -OCH3 is 1. The molecule has 1 unspecified atom stereocenters. The molecule has 1 amide bonds. The van der Waals surface area contributed by atoms with Crippen LogP contribution in [0.25, 0.3) is 0 Å². The van der Waals surface area contributed by atoms with Crippen LogP contribution in [0.2, 0.25) is 0 Å². The number of carbonyl (C=O) groups is 1. The van der Waals surface area contributed by atoms with Gasteiger partial charge in [0, 0.05) is 11.6 Å². The van der Waals surface area contributed by atoms with Crippen LogP contribution in [-0.4, -0.2) is 36.5 Å². The van der Waals surface area contributed by atoms with Gasteiger partial charge in [-0.15, -0.1) is 0 Å². The second-order valence-corrected chi connectivity index (χ2v) is 7.96. The van der Waals surface area contributed by atoms with E-state index in [9.17, 15) is 9.18 Å². The minimum Gasteiger partial charge on any atom is -0.496 e. The van der Waals surface area contributed by atoms with Gasteiger partial charge in [0.15, 0.2) is 0 Å². The molecular weight excluding hydrogens is 355 g/mol. The maximum absolute atomic E-state index is 13.8. The molecular formula is C23H29FN2O2. The van der Waals surface area contributed by atoms with Gasteiger partial charge in [0.25, 0.3) is 5.91 Å². The van der Waals surface area contributed by atoms with Crippen molar-refractivity contribution in [2.75, 3.05) is 20.2 Å². The van der Waals surface area contributed by atoms with Crippen LogP contribution in [-0.2, 0) is 0 Å². The van der Waals surface area contributed by atoms with E-state index in [1.807, 2.05) is 30.3 Å². The maximum Gasteiger partial charge on any atom is 0.255 e. The lowest BCUT2D eigenvalue weighted by atomic mass is 9.86. The van der Waals surface area contributed by atoms with Crippen molar-refractivity contribution < 1.29 is 13.9 Å². The Morgan fingerprint density at radius 2 is 1.82 bits per heavy atom. The molecule has 1 saturated heterocycles. The van der Waals surface area contributed by atoms with Gasteiger partial charge in [0.05, 0.1) is 18.7 Å². The van der Waals surface area contributed by atoms with E-state index in [-0.39, 0.29) is 23.2 Å². The van der Waals surface area contributed by atoms with Crippen molar-refractivity contribution in [2.45, 2.75) is 45.2 Å². The number of aryl methyl sites for hydroxylation is 1. The highest BCUT2D eigenvalue weighted by atomic mass is 19.1. The van der Waals surface area contributed by atoms with Crippen LogP contribution in [0.1, 0.15) is 54.2 Å². The van der Waals surface area contributed by atoms with Gasteiger partial charge in [0.1, 0.15) is 11.6 Å². The average molecular weight is 384 g/mol. The molecule has 5 heteroatoms. The van der Waals surface area contributed by atoms with Crippen LogP contribution in [0.5, 0.6) is 5.75 Å². The van der Waals surface area contributed by atoms with Gasteiger partial charge in [-0.05, 0) is 63.9 Å². The normalized spacial score (nSPS) is 16.0. The summed E-state index contributed by atoms with van der Waals surface area (Å²) in [6, 6.07) is 12.4. The van der Waals surface area contributed by atoms with Crippen LogP contribution < -0.4 is 10.1 Å². The number of carbonyl (C=O) groups excluding carboxylic acids is 1. The number of nitrogens with zero attached hydrogens (tertiary/aromatic N) is 1. The standard InChI is InChI=1S/C23H29FN2O2/c1-16-14-18(24)15-19(28-4)20(16)22(27)25-21(17-10-6-5-7-11-17)23(2,3)26-12-8-9-13-26/h5-7,10-11,14-15,21H,8-9,12-13H2,1-4H3,(H,25,27). The molecule has 0 bridgehead atoms. The molecule has 2 aromatic rings. The van der Waals surface area contributed by atoms with Gasteiger partial charge in [-0.3, -0.25) is 9.69 Å². The van der Waals surface area contributed by atoms with Crippen molar-refractivity contribution in [1.29, 1.82) is 0 Å². The van der Waals surface area contributed by atoms with Crippen LogP contribution >= 0.6 is 0 Å². The van der Waals surface area contributed by atoms with Crippen molar-refractivity contribution in [3.05, 3.63) is 65.0 Å². The van der Waals surface area contributed by atoms with E-state index in [0.29, 0.717) is 11.1 Å². The predicted molar refractivity (Wildman–Crippen MR) is 109 cm³/mol. The number of hydrogen-bond donors (Lipinski definition) is 1. The van der Waals surface area contributed by atoms with Crippen molar-refractivity contribution in [3.8, 4) is 5.75 Å². The summed E-state index contributed by atoms with van der Waals surface area (Å²) in [6.45, 7) is 8.11. The summed E-state index contributed by atoms with van der Waals surface area (Å²) < 4.78 is 19.1. The minimum absolute atomic E-state index is 0.214. The van der Waals surface area contributed by atoms with Gasteiger partial charge in [0.2, 0.25) is 0 Å². The Morgan fingerprint density at radius 3 is 2.43 bits per heavy atom. The molecule has 1 fully saturated rings. The zero-order valence-electron chi connectivity index (χ0n) is 17.1. The van der Waals surface area contributed by atoms with E-state index < -0.39 is 5.82 Å². The molecule has 28 heavy (non-hydrogen) atoms. The smallest absolute Gasteiger partial charge is 0.255 e. The number of nitrogens with one attached hydrogen (secondary N) is 1. The van der Waals surface area contributed by atoms with E-state index in [0.717, 1.165) is 18.7 Å². The summed E-state index contributed by atoms with van der Waals surface area (Å²) in [6.07, 6.45) is 2.34. The maximum atomic E-state index is 13.8. The van der Waals surface area contributed by atoms with Crippen LogP contribution in [0.3, 0.4) is 0 Å². The topological polar surface area (TPSA) is 41.6 Å². The van der Waals surface area contributed by atoms with Crippen molar-refractivity contribution >= 4 is 5.91 Å². The third-order valence-corrected chi connectivity index (χ3v) is 5.75. The largest absolute Gasteiger partial charge is 0.496 e. The zero-order valence-corrected chi connectivity index (χ0v) is 17.1. The first-order chi connectivity index (χ1) is 13.3. The monoisotopic (exact) mass is 384 g/mol. The first-order valence-electron chi connectivity index (χ1n) is 9.79. The molecule has 4 nitrogen and oxygen atoms in total. The van der Waals surface area contributed by atoms with Crippen LogP contribution in [0.4, 0.5) is 4.39 Å². The van der Waals surface area contributed by atoms with Gasteiger partial charge < -0.3 is 10.1 Å². The minimum atomic E-state index is -0.414. The van der Waals surface area contributed by atoms with E-state index >= 15 is 0 Å². The quantitative estimate of drug-likeness (QED) is 0.798. The Kier molecular flexibility index (Phi) is 6.04. The summed E-state index contributed by atoms with van der Waals surface area (Å²) in [5.41, 5.74) is 1.71. The molecule has 0 spiro atoms. The second kappa shape index (κ2) is 8.31. The zero-order chi connectivity index (χ0) is 20.3. The number of likely N-dealkylation sites (tertiary alicyclic amines) is 1. The summed E-state index contributed by atoms with van der Waals surface area (Å²) >= 11 is 0. The lowest BCUT2D eigenvalue weighted by molar-refractivity contribution is 0.0775. The van der Waals surface area contributed by atoms with Crippen molar-refractivity contribution in [2.24, 2.45) is 0 Å². The number of benzene rings is 2. The lowest BCUT2D eigenvalue weighted by Gasteiger charge is -2.42. The van der Waals surface area contributed by atoms with Crippen LogP contribution in [0, 0.1) is 12.7 Å². The molecule has 0 saturated carbocycles. The summed E-state index contributed by atoms with van der Waals surface area (Å²) in [4.78, 5) is 15.7. The van der Waals surface area contributed by atoms with Crippen molar-refractivity contribution in [1.82, 2.24) is 10.2 Å². The fourth-order valence-corrected chi connectivity index (χ4v) is 4.16. The predicted octanol–water partition coefficient (Wildman–Crippen LogP) is 4.49. The number of ether oxygens (including phenoxy) is 1. The highest BCUT2D eigenvalue weighted by Crippen LogP contribution is 2.34. The molecule has 1 aliphatic heterocycles. The molecule has 1 atom stereocenters. The van der Waals surface area contributed by atoms with Gasteiger partial charge in [-0.2, -0.15) is 0 Å². The lowest BCUT2D eigenvalue weighted by Crippen LogP contribution is -2.52. The number of rotatable bonds is 6. The third-order valence-electron chi connectivity index (χ3n) is 5.75. The molecule has 150 valence electrons. The fourth-order valence-electron chi connectivity index (χ4n) is 4.16. The molecule has 1 aliphatic rings. The SMILES string of the molecule is COc1cc(F)cc(C)c1C(=O)NC(c1ccccc1)C(C)(C)N1CCCC1. The molecule has 0 aliphatic carbocycles. The Bertz CT molecular complexity index is 830. The number of amides is 1. The molecule has 0 aromatic heterocycles. The van der Waals surface area contributed by atoms with Gasteiger partial charge in [-0.1, -0.05) is 30.3 Å². The molecule has 0 radical (unpaired) electrons. The summed E-state index contributed by atoms with van der Waals surface area (Å²) in [5, 5.41) is 3.22. The van der Waals surface area contributed by atoms with Crippen LogP contribution in [0.15, 0.2) is 42.5 Å². The van der Waals surface area contributed by atoms with Gasteiger partial charge in [-0.25, -0.2) is 4.39 Å². The third kappa shape index (κ3) is 4.04. The number of halogens is 1. The Labute approximate surface area is 166 Å². The molecule has 3 rings (SSSR count). The van der Waals surface area contributed by atoms with E-state index in [1.54, 1.807) is 6.92 Å². The first kappa shape index (κ1) is 20.3. The van der Waals surface area contributed by atoms with E-state index in [4.69, 9.17) is 4.74 Å². The first-order valence-corrected chi connectivity index (χ1v) is 9.79. The molecule has 2 aromatic carbocycles.